The fourth-order valence-electron chi connectivity index (χ4n) is 1.86. The Morgan fingerprint density at radius 3 is 2.41 bits per heavy atom. The summed E-state index contributed by atoms with van der Waals surface area (Å²) >= 11 is 0. The summed E-state index contributed by atoms with van der Waals surface area (Å²) < 4.78 is 0. The molecule has 0 heterocycles. The summed E-state index contributed by atoms with van der Waals surface area (Å²) in [5.41, 5.74) is 3.46. The molecule has 0 aliphatic heterocycles. The van der Waals surface area contributed by atoms with Gasteiger partial charge in [0.15, 0.2) is 0 Å². The molecule has 2 heteroatoms. The highest BCUT2D eigenvalue weighted by molar-refractivity contribution is 5.98. The highest BCUT2D eigenvalue weighted by Crippen LogP contribution is 2.10. The average molecular weight is 233 g/mol. The molecule has 0 spiro atoms. The molecule has 0 saturated heterocycles. The third-order valence-electron chi connectivity index (χ3n) is 2.92. The molecule has 1 aromatic carbocycles. The number of hydrogen-bond acceptors (Lipinski definition) is 2. The van der Waals surface area contributed by atoms with Crippen LogP contribution in [0, 0.1) is 0 Å². The van der Waals surface area contributed by atoms with Crippen molar-refractivity contribution < 1.29 is 4.84 Å². The Labute approximate surface area is 105 Å². The van der Waals surface area contributed by atoms with Gasteiger partial charge in [0.25, 0.3) is 0 Å². The molecular weight excluding hydrogens is 210 g/mol. The first-order valence-electron chi connectivity index (χ1n) is 6.45. The third kappa shape index (κ3) is 5.03. The van der Waals surface area contributed by atoms with E-state index < -0.39 is 0 Å². The van der Waals surface area contributed by atoms with Crippen LogP contribution in [0.15, 0.2) is 29.4 Å². The zero-order valence-electron chi connectivity index (χ0n) is 11.2. The van der Waals surface area contributed by atoms with Gasteiger partial charge in [0.2, 0.25) is 0 Å². The molecule has 0 bridgehead atoms. The van der Waals surface area contributed by atoms with Crippen molar-refractivity contribution in [3.05, 3.63) is 35.4 Å². The van der Waals surface area contributed by atoms with Gasteiger partial charge in [-0.3, -0.25) is 0 Å². The number of unbranched alkanes of at least 4 members (excludes halogenated alkanes) is 3. The number of rotatable bonds is 7. The van der Waals surface area contributed by atoms with Crippen LogP contribution in [0.5, 0.6) is 0 Å². The summed E-state index contributed by atoms with van der Waals surface area (Å²) in [6.45, 7) is 4.20. The van der Waals surface area contributed by atoms with Crippen LogP contribution in [-0.2, 0) is 11.3 Å². The van der Waals surface area contributed by atoms with Crippen molar-refractivity contribution >= 4 is 5.71 Å². The second-order valence-electron chi connectivity index (χ2n) is 4.37. The lowest BCUT2D eigenvalue weighted by Gasteiger charge is -2.03. The van der Waals surface area contributed by atoms with Crippen molar-refractivity contribution in [3.8, 4) is 0 Å². The maximum atomic E-state index is 4.77. The van der Waals surface area contributed by atoms with Crippen LogP contribution in [0.1, 0.15) is 50.7 Å². The molecule has 0 radical (unpaired) electrons. The Hall–Kier alpha value is -1.31. The second-order valence-corrected chi connectivity index (χ2v) is 4.37. The van der Waals surface area contributed by atoms with Crippen molar-refractivity contribution in [3.63, 3.8) is 0 Å². The van der Waals surface area contributed by atoms with Crippen molar-refractivity contribution in [2.45, 2.75) is 46.0 Å². The first-order valence-corrected chi connectivity index (χ1v) is 6.45. The van der Waals surface area contributed by atoms with Gasteiger partial charge in [-0.25, -0.2) is 0 Å². The summed E-state index contributed by atoms with van der Waals surface area (Å²) in [6.07, 6.45) is 6.45. The number of benzene rings is 1. The van der Waals surface area contributed by atoms with Gasteiger partial charge < -0.3 is 4.84 Å². The van der Waals surface area contributed by atoms with Gasteiger partial charge in [-0.2, -0.15) is 0 Å². The Morgan fingerprint density at radius 1 is 1.12 bits per heavy atom. The molecule has 17 heavy (non-hydrogen) atoms. The second kappa shape index (κ2) is 7.88. The minimum absolute atomic E-state index is 0.921. The fourth-order valence-corrected chi connectivity index (χ4v) is 1.86. The SMILES string of the molecule is CCCCCCc1ccc(/C(C)=N\OC)cc1. The largest absolute Gasteiger partial charge is 0.399 e. The van der Waals surface area contributed by atoms with Crippen LogP contribution < -0.4 is 0 Å². The van der Waals surface area contributed by atoms with Gasteiger partial charge in [0.05, 0.1) is 5.71 Å². The molecular formula is C15H23NO. The Bertz CT molecular complexity index is 340. The lowest BCUT2D eigenvalue weighted by Crippen LogP contribution is -1.96. The minimum Gasteiger partial charge on any atom is -0.399 e. The maximum Gasteiger partial charge on any atom is 0.106 e. The first-order chi connectivity index (χ1) is 8.27. The van der Waals surface area contributed by atoms with Crippen LogP contribution in [0.2, 0.25) is 0 Å². The molecule has 0 aliphatic carbocycles. The van der Waals surface area contributed by atoms with Crippen molar-refractivity contribution in [2.24, 2.45) is 5.16 Å². The quantitative estimate of drug-likeness (QED) is 0.393. The molecule has 0 amide bonds. The standard InChI is InChI=1S/C15H23NO/c1-4-5-6-7-8-14-9-11-15(12-10-14)13(2)16-17-3/h9-12H,4-8H2,1-3H3/b16-13-. The van der Waals surface area contributed by atoms with E-state index in [-0.39, 0.29) is 0 Å². The van der Waals surface area contributed by atoms with E-state index in [0.29, 0.717) is 0 Å². The molecule has 2 nitrogen and oxygen atoms in total. The summed E-state index contributed by atoms with van der Waals surface area (Å²) in [7, 11) is 1.57. The maximum absolute atomic E-state index is 4.77. The van der Waals surface area contributed by atoms with Gasteiger partial charge in [-0.15, -0.1) is 0 Å². The van der Waals surface area contributed by atoms with E-state index in [1.165, 1.54) is 37.7 Å². The number of hydrogen-bond donors (Lipinski definition) is 0. The molecule has 0 saturated carbocycles. The molecule has 0 aromatic heterocycles. The molecule has 0 unspecified atom stereocenters. The predicted molar refractivity (Wildman–Crippen MR) is 73.5 cm³/mol. The van der Waals surface area contributed by atoms with Crippen LogP contribution >= 0.6 is 0 Å². The predicted octanol–water partition coefficient (Wildman–Crippen LogP) is 4.18. The number of oxime groups is 1. The number of nitrogens with zero attached hydrogens (tertiary/aromatic N) is 1. The van der Waals surface area contributed by atoms with Crippen LogP contribution in [0.3, 0.4) is 0 Å². The van der Waals surface area contributed by atoms with E-state index in [4.69, 9.17) is 4.84 Å². The van der Waals surface area contributed by atoms with Crippen molar-refractivity contribution in [2.75, 3.05) is 7.11 Å². The zero-order valence-corrected chi connectivity index (χ0v) is 11.2. The van der Waals surface area contributed by atoms with E-state index >= 15 is 0 Å². The van der Waals surface area contributed by atoms with Crippen LogP contribution in [0.4, 0.5) is 0 Å². The molecule has 0 N–H and O–H groups in total. The summed E-state index contributed by atoms with van der Waals surface area (Å²) in [6, 6.07) is 8.62. The van der Waals surface area contributed by atoms with E-state index in [1.807, 2.05) is 6.92 Å². The Kier molecular flexibility index (Phi) is 6.38. The lowest BCUT2D eigenvalue weighted by molar-refractivity contribution is 0.213. The van der Waals surface area contributed by atoms with Gasteiger partial charge in [0.1, 0.15) is 7.11 Å². The molecule has 0 atom stereocenters. The summed E-state index contributed by atoms with van der Waals surface area (Å²) in [5.74, 6) is 0. The van der Waals surface area contributed by atoms with Crippen molar-refractivity contribution in [1.29, 1.82) is 0 Å². The number of aryl methyl sites for hydroxylation is 1. The zero-order chi connectivity index (χ0) is 12.5. The van der Waals surface area contributed by atoms with Gasteiger partial charge >= 0.3 is 0 Å². The monoisotopic (exact) mass is 233 g/mol. The molecule has 0 aliphatic rings. The van der Waals surface area contributed by atoms with Crippen LogP contribution in [0.25, 0.3) is 0 Å². The summed E-state index contributed by atoms with van der Waals surface area (Å²) in [5, 5.41) is 3.93. The molecule has 1 rings (SSSR count). The molecule has 94 valence electrons. The Balaban J connectivity index is 2.47. The topological polar surface area (TPSA) is 21.6 Å². The lowest BCUT2D eigenvalue weighted by atomic mass is 10.0. The molecule has 1 aromatic rings. The van der Waals surface area contributed by atoms with Gasteiger partial charge in [-0.05, 0) is 30.9 Å². The summed E-state index contributed by atoms with van der Waals surface area (Å²) in [4.78, 5) is 4.77. The van der Waals surface area contributed by atoms with E-state index in [0.717, 1.165) is 11.3 Å². The Morgan fingerprint density at radius 2 is 1.82 bits per heavy atom. The van der Waals surface area contributed by atoms with Gasteiger partial charge in [-0.1, -0.05) is 55.6 Å². The van der Waals surface area contributed by atoms with Crippen LogP contribution in [-0.4, -0.2) is 12.8 Å². The first kappa shape index (κ1) is 13.8. The van der Waals surface area contributed by atoms with E-state index in [1.54, 1.807) is 7.11 Å². The normalized spacial score (nSPS) is 11.6. The van der Waals surface area contributed by atoms with E-state index in [2.05, 4.69) is 36.3 Å². The molecule has 0 fully saturated rings. The average Bonchev–Trinajstić information content (AvgIpc) is 2.36. The highest BCUT2D eigenvalue weighted by Gasteiger charge is 1.98. The van der Waals surface area contributed by atoms with E-state index in [9.17, 15) is 0 Å². The smallest absolute Gasteiger partial charge is 0.106 e. The van der Waals surface area contributed by atoms with Gasteiger partial charge in [0, 0.05) is 0 Å². The highest BCUT2D eigenvalue weighted by atomic mass is 16.6. The van der Waals surface area contributed by atoms with Crippen molar-refractivity contribution in [1.82, 2.24) is 0 Å². The fraction of sp³-hybridized carbons (Fsp3) is 0.533. The third-order valence-corrected chi connectivity index (χ3v) is 2.92. The minimum atomic E-state index is 0.921.